The minimum atomic E-state index is 0.0998. The monoisotopic (exact) mass is 390 g/mol. The van der Waals surface area contributed by atoms with Crippen LogP contribution >= 0.6 is 0 Å². The van der Waals surface area contributed by atoms with Crippen molar-refractivity contribution in [3.8, 4) is 0 Å². The van der Waals surface area contributed by atoms with Crippen molar-refractivity contribution < 1.29 is 4.79 Å². The van der Waals surface area contributed by atoms with E-state index in [2.05, 4.69) is 55.4 Å². The fourth-order valence-electron chi connectivity index (χ4n) is 7.88. The Hall–Kier alpha value is -1.90. The number of carbonyl (C=O) groups is 1. The standard InChI is InChI=1S/C26H34N2O/c1-17(16-18-6-4-5-15-27-18)20-8-9-21-19-7-10-23-26(3,14-12-24(29)28-23)22(19)11-13-25(20,21)2/h4-6,12,14-16,19-23H,7-11,13H2,1-3H3,(H,28,29)/b17-16+/t19-,20+,21-,22-,23+,25+,26+/m0/s1. The zero-order valence-corrected chi connectivity index (χ0v) is 18.0. The first-order valence-electron chi connectivity index (χ1n) is 11.5. The Morgan fingerprint density at radius 3 is 2.79 bits per heavy atom. The van der Waals surface area contributed by atoms with Crippen molar-refractivity contribution in [2.45, 2.75) is 65.3 Å². The Morgan fingerprint density at radius 2 is 2.00 bits per heavy atom. The molecule has 1 aromatic rings. The van der Waals surface area contributed by atoms with Crippen molar-refractivity contribution in [1.82, 2.24) is 10.3 Å². The van der Waals surface area contributed by atoms with E-state index in [1.807, 2.05) is 12.3 Å². The van der Waals surface area contributed by atoms with Gasteiger partial charge in [-0.05, 0) is 98.8 Å². The van der Waals surface area contributed by atoms with Crippen LogP contribution in [0.5, 0.6) is 0 Å². The van der Waals surface area contributed by atoms with Crippen LogP contribution in [0.15, 0.2) is 42.1 Å². The molecule has 0 saturated heterocycles. The lowest BCUT2D eigenvalue weighted by atomic mass is 9.47. The van der Waals surface area contributed by atoms with Gasteiger partial charge in [-0.1, -0.05) is 31.6 Å². The van der Waals surface area contributed by atoms with E-state index in [9.17, 15) is 4.79 Å². The van der Waals surface area contributed by atoms with Crippen LogP contribution in [0.3, 0.4) is 0 Å². The fraction of sp³-hybridized carbons (Fsp3) is 0.615. The number of allylic oxidation sites excluding steroid dienone is 1. The third-order valence-electron chi connectivity index (χ3n) is 9.30. The summed E-state index contributed by atoms with van der Waals surface area (Å²) in [6.45, 7) is 7.32. The van der Waals surface area contributed by atoms with E-state index >= 15 is 0 Å². The molecule has 154 valence electrons. The molecule has 29 heavy (non-hydrogen) atoms. The first kappa shape index (κ1) is 19.1. The van der Waals surface area contributed by atoms with Crippen molar-refractivity contribution in [3.63, 3.8) is 0 Å². The number of nitrogens with one attached hydrogen (secondary N) is 1. The smallest absolute Gasteiger partial charge is 0.243 e. The number of aromatic nitrogens is 1. The quantitative estimate of drug-likeness (QED) is 0.735. The Morgan fingerprint density at radius 1 is 1.14 bits per heavy atom. The van der Waals surface area contributed by atoms with Gasteiger partial charge in [0.2, 0.25) is 5.91 Å². The molecule has 3 fully saturated rings. The third kappa shape index (κ3) is 2.92. The highest BCUT2D eigenvalue weighted by Gasteiger charge is 2.59. The summed E-state index contributed by atoms with van der Waals surface area (Å²) in [5.41, 5.74) is 3.13. The molecule has 0 unspecified atom stereocenters. The molecule has 0 aromatic carbocycles. The van der Waals surface area contributed by atoms with Crippen LogP contribution in [0, 0.1) is 34.5 Å². The molecule has 7 atom stereocenters. The average Bonchev–Trinajstić information content (AvgIpc) is 3.06. The first-order chi connectivity index (χ1) is 13.9. The van der Waals surface area contributed by atoms with E-state index in [0.717, 1.165) is 24.0 Å². The van der Waals surface area contributed by atoms with Gasteiger partial charge >= 0.3 is 0 Å². The van der Waals surface area contributed by atoms with Crippen molar-refractivity contribution >= 4 is 12.0 Å². The molecular weight excluding hydrogens is 356 g/mol. The SMILES string of the molecule is C/C(=C\c1ccccn1)[C@H]1CC[C@H]2[C@@H]3CC[C@H]4NC(=O)C=C[C@]4(C)[C@H]3CC[C@]12C. The zero-order chi connectivity index (χ0) is 20.2. The molecule has 3 aliphatic carbocycles. The van der Waals surface area contributed by atoms with Crippen molar-refractivity contribution in [2.75, 3.05) is 0 Å². The van der Waals surface area contributed by atoms with Gasteiger partial charge in [0, 0.05) is 17.7 Å². The van der Waals surface area contributed by atoms with E-state index in [4.69, 9.17) is 0 Å². The normalized spacial score (nSPS) is 43.9. The van der Waals surface area contributed by atoms with Crippen molar-refractivity contribution in [2.24, 2.45) is 34.5 Å². The molecule has 1 N–H and O–H groups in total. The highest BCUT2D eigenvalue weighted by atomic mass is 16.1. The summed E-state index contributed by atoms with van der Waals surface area (Å²) in [6, 6.07) is 6.50. The lowest BCUT2D eigenvalue weighted by Gasteiger charge is -2.59. The minimum Gasteiger partial charge on any atom is -0.349 e. The van der Waals surface area contributed by atoms with Crippen molar-refractivity contribution in [1.29, 1.82) is 0 Å². The van der Waals surface area contributed by atoms with Gasteiger partial charge in [0.15, 0.2) is 0 Å². The molecule has 1 amide bonds. The maximum absolute atomic E-state index is 11.9. The zero-order valence-electron chi connectivity index (χ0n) is 18.0. The number of hydrogen-bond donors (Lipinski definition) is 1. The van der Waals surface area contributed by atoms with E-state index in [-0.39, 0.29) is 11.3 Å². The van der Waals surface area contributed by atoms with Crippen LogP contribution in [-0.2, 0) is 4.79 Å². The number of fused-ring (bicyclic) bond motifs is 5. The predicted octanol–water partition coefficient (Wildman–Crippen LogP) is 5.40. The third-order valence-corrected chi connectivity index (χ3v) is 9.30. The fourth-order valence-corrected chi connectivity index (χ4v) is 7.88. The summed E-state index contributed by atoms with van der Waals surface area (Å²) in [6.07, 6.45) is 15.9. The Labute approximate surface area is 175 Å². The van der Waals surface area contributed by atoms with Crippen LogP contribution in [0.4, 0.5) is 0 Å². The highest BCUT2D eigenvalue weighted by molar-refractivity contribution is 5.89. The minimum absolute atomic E-state index is 0.0998. The maximum atomic E-state index is 11.9. The molecule has 2 heterocycles. The summed E-state index contributed by atoms with van der Waals surface area (Å²) < 4.78 is 0. The lowest BCUT2D eigenvalue weighted by molar-refractivity contribution is -0.122. The van der Waals surface area contributed by atoms with Crippen molar-refractivity contribution in [3.05, 3.63) is 47.8 Å². The summed E-state index contributed by atoms with van der Waals surface area (Å²) in [7, 11) is 0. The van der Waals surface area contributed by atoms with E-state index in [0.29, 0.717) is 23.3 Å². The average molecular weight is 391 g/mol. The second kappa shape index (κ2) is 6.82. The molecule has 0 bridgehead atoms. The summed E-state index contributed by atoms with van der Waals surface area (Å²) >= 11 is 0. The van der Waals surface area contributed by atoms with Gasteiger partial charge in [-0.15, -0.1) is 0 Å². The molecule has 3 saturated carbocycles. The molecule has 1 aromatic heterocycles. The van der Waals surface area contributed by atoms with E-state index < -0.39 is 0 Å². The number of hydrogen-bond acceptors (Lipinski definition) is 2. The Balaban J connectivity index is 1.42. The molecule has 0 radical (unpaired) electrons. The topological polar surface area (TPSA) is 42.0 Å². The maximum Gasteiger partial charge on any atom is 0.243 e. The summed E-state index contributed by atoms with van der Waals surface area (Å²) in [5, 5.41) is 3.27. The largest absolute Gasteiger partial charge is 0.349 e. The number of carbonyl (C=O) groups excluding carboxylic acids is 1. The van der Waals surface area contributed by atoms with Crippen LogP contribution in [0.25, 0.3) is 6.08 Å². The van der Waals surface area contributed by atoms with Gasteiger partial charge < -0.3 is 5.32 Å². The molecule has 5 rings (SSSR count). The Bertz CT molecular complexity index is 859. The van der Waals surface area contributed by atoms with Gasteiger partial charge in [0.1, 0.15) is 0 Å². The van der Waals surface area contributed by atoms with Gasteiger partial charge in [-0.2, -0.15) is 0 Å². The van der Waals surface area contributed by atoms with Gasteiger partial charge in [-0.25, -0.2) is 0 Å². The first-order valence-corrected chi connectivity index (χ1v) is 11.5. The molecule has 3 heteroatoms. The predicted molar refractivity (Wildman–Crippen MR) is 117 cm³/mol. The lowest BCUT2D eigenvalue weighted by Crippen LogP contribution is -2.59. The van der Waals surface area contributed by atoms with Crippen LogP contribution in [0.1, 0.15) is 65.0 Å². The van der Waals surface area contributed by atoms with Crippen LogP contribution < -0.4 is 5.32 Å². The molecule has 4 aliphatic rings. The van der Waals surface area contributed by atoms with Gasteiger partial charge in [-0.3, -0.25) is 9.78 Å². The number of pyridine rings is 1. The molecule has 3 nitrogen and oxygen atoms in total. The number of rotatable bonds is 2. The molecule has 1 aliphatic heterocycles. The Kier molecular flexibility index (Phi) is 4.49. The number of nitrogens with zero attached hydrogens (tertiary/aromatic N) is 1. The van der Waals surface area contributed by atoms with E-state index in [1.54, 1.807) is 6.08 Å². The second-order valence-electron chi connectivity index (χ2n) is 10.5. The van der Waals surface area contributed by atoms with Gasteiger partial charge in [0.25, 0.3) is 0 Å². The summed E-state index contributed by atoms with van der Waals surface area (Å²) in [5.74, 6) is 3.07. The van der Waals surface area contributed by atoms with Gasteiger partial charge in [0.05, 0.1) is 5.69 Å². The second-order valence-corrected chi connectivity index (χ2v) is 10.5. The molecule has 0 spiro atoms. The molecular formula is C26H34N2O. The highest BCUT2D eigenvalue weighted by Crippen LogP contribution is 2.66. The number of amides is 1. The van der Waals surface area contributed by atoms with Crippen LogP contribution in [0.2, 0.25) is 0 Å². The van der Waals surface area contributed by atoms with E-state index in [1.165, 1.54) is 37.7 Å². The summed E-state index contributed by atoms with van der Waals surface area (Å²) in [4.78, 5) is 16.4. The van der Waals surface area contributed by atoms with Crippen LogP contribution in [-0.4, -0.2) is 16.9 Å².